The summed E-state index contributed by atoms with van der Waals surface area (Å²) in [5.74, 6) is 3.39. The van der Waals surface area contributed by atoms with Crippen LogP contribution in [0.25, 0.3) is 0 Å². The summed E-state index contributed by atoms with van der Waals surface area (Å²) in [6.07, 6.45) is 12.0. The highest BCUT2D eigenvalue weighted by Gasteiger charge is 2.30. The van der Waals surface area contributed by atoms with Crippen molar-refractivity contribution in [1.82, 2.24) is 15.5 Å². The largest absolute Gasteiger partial charge is 0.352 e. The Hall–Kier alpha value is -1.21. The number of rotatable bonds is 3. The topological polar surface area (TPSA) is 39.7 Å². The Bertz CT molecular complexity index is 325. The van der Waals surface area contributed by atoms with Crippen LogP contribution < -0.4 is 10.6 Å². The molecular weight excluding hydrogens is 224 g/mol. The van der Waals surface area contributed by atoms with Crippen LogP contribution in [0.5, 0.6) is 0 Å². The fourth-order valence-corrected chi connectivity index (χ4v) is 3.03. The molecule has 100 valence electrons. The molecule has 1 saturated heterocycles. The highest BCUT2D eigenvalue weighted by molar-refractivity contribution is 5.80. The lowest BCUT2D eigenvalue weighted by atomic mass is 10.2. The lowest BCUT2D eigenvalue weighted by molar-refractivity contribution is 0.242. The van der Waals surface area contributed by atoms with Crippen LogP contribution in [0.15, 0.2) is 4.99 Å². The monoisotopic (exact) mass is 248 g/mol. The number of hydrogen-bond donors (Lipinski definition) is 2. The number of terminal acetylenes is 1. The van der Waals surface area contributed by atoms with E-state index in [1.54, 1.807) is 7.05 Å². The molecule has 4 nitrogen and oxygen atoms in total. The fourth-order valence-electron chi connectivity index (χ4n) is 3.03. The van der Waals surface area contributed by atoms with Crippen molar-refractivity contribution in [1.29, 1.82) is 0 Å². The molecular formula is C14H24N4. The zero-order valence-corrected chi connectivity index (χ0v) is 11.3. The van der Waals surface area contributed by atoms with E-state index in [0.717, 1.165) is 18.5 Å². The van der Waals surface area contributed by atoms with E-state index in [-0.39, 0.29) is 0 Å². The van der Waals surface area contributed by atoms with E-state index in [0.29, 0.717) is 12.6 Å². The van der Waals surface area contributed by atoms with Gasteiger partial charge in [0.1, 0.15) is 0 Å². The molecule has 1 aliphatic carbocycles. The molecule has 1 aliphatic heterocycles. The number of hydrogen-bond acceptors (Lipinski definition) is 2. The Morgan fingerprint density at radius 2 is 2.17 bits per heavy atom. The fraction of sp³-hybridized carbons (Fsp3) is 0.786. The van der Waals surface area contributed by atoms with Gasteiger partial charge < -0.3 is 10.6 Å². The second-order valence-electron chi connectivity index (χ2n) is 5.19. The van der Waals surface area contributed by atoms with Crippen LogP contribution in [0.3, 0.4) is 0 Å². The molecule has 0 aromatic heterocycles. The summed E-state index contributed by atoms with van der Waals surface area (Å²) < 4.78 is 0. The Kier molecular flexibility index (Phi) is 4.89. The van der Waals surface area contributed by atoms with Crippen LogP contribution in [0.1, 0.15) is 32.1 Å². The van der Waals surface area contributed by atoms with Crippen LogP contribution in [-0.2, 0) is 0 Å². The first-order valence-electron chi connectivity index (χ1n) is 6.98. The highest BCUT2D eigenvalue weighted by atomic mass is 15.3. The van der Waals surface area contributed by atoms with Crippen molar-refractivity contribution in [3.8, 4) is 12.3 Å². The van der Waals surface area contributed by atoms with Gasteiger partial charge in [0.25, 0.3) is 0 Å². The normalized spacial score (nSPS) is 26.2. The van der Waals surface area contributed by atoms with E-state index in [1.165, 1.54) is 38.6 Å². The molecule has 1 unspecified atom stereocenters. The molecule has 0 bridgehead atoms. The summed E-state index contributed by atoms with van der Waals surface area (Å²) >= 11 is 0. The first-order valence-corrected chi connectivity index (χ1v) is 6.98. The van der Waals surface area contributed by atoms with Gasteiger partial charge in [-0.1, -0.05) is 18.8 Å². The molecule has 0 radical (unpaired) electrons. The Balaban J connectivity index is 1.76. The summed E-state index contributed by atoms with van der Waals surface area (Å²) in [6, 6.07) is 1.34. The van der Waals surface area contributed by atoms with Crippen LogP contribution in [0, 0.1) is 12.3 Å². The zero-order chi connectivity index (χ0) is 12.8. The molecule has 18 heavy (non-hydrogen) atoms. The molecule has 0 amide bonds. The molecule has 0 aromatic carbocycles. The number of aliphatic imine (C=N–C) groups is 1. The van der Waals surface area contributed by atoms with Crippen LogP contribution in [-0.4, -0.2) is 49.6 Å². The van der Waals surface area contributed by atoms with Gasteiger partial charge in [-0.15, -0.1) is 6.42 Å². The standard InChI is InChI=1S/C14H24N4/c1-3-9-16-14(15-2)17-12-8-10-18(11-12)13-6-4-5-7-13/h1,12-13H,4-11H2,2H3,(H2,15,16,17). The minimum Gasteiger partial charge on any atom is -0.352 e. The average Bonchev–Trinajstić information content (AvgIpc) is 3.04. The molecule has 0 aromatic rings. The molecule has 1 heterocycles. The average molecular weight is 248 g/mol. The van der Waals surface area contributed by atoms with Gasteiger partial charge in [-0.2, -0.15) is 0 Å². The Morgan fingerprint density at radius 3 is 2.83 bits per heavy atom. The van der Waals surface area contributed by atoms with Gasteiger partial charge in [0.15, 0.2) is 5.96 Å². The molecule has 2 N–H and O–H groups in total. The predicted octanol–water partition coefficient (Wildman–Crippen LogP) is 0.801. The maximum Gasteiger partial charge on any atom is 0.192 e. The first kappa shape index (κ1) is 13.2. The molecule has 1 saturated carbocycles. The molecule has 2 rings (SSSR count). The van der Waals surface area contributed by atoms with Crippen LogP contribution in [0.2, 0.25) is 0 Å². The molecule has 4 heteroatoms. The minimum atomic E-state index is 0.509. The molecule has 1 atom stereocenters. The zero-order valence-electron chi connectivity index (χ0n) is 11.3. The lowest BCUT2D eigenvalue weighted by Crippen LogP contribution is -2.45. The third-order valence-electron chi connectivity index (χ3n) is 3.98. The van der Waals surface area contributed by atoms with Crippen molar-refractivity contribution < 1.29 is 0 Å². The molecule has 2 fully saturated rings. The first-order chi connectivity index (χ1) is 8.83. The van der Waals surface area contributed by atoms with Gasteiger partial charge in [0.2, 0.25) is 0 Å². The van der Waals surface area contributed by atoms with Gasteiger partial charge in [0.05, 0.1) is 6.54 Å². The third kappa shape index (κ3) is 3.39. The number of guanidine groups is 1. The summed E-state index contributed by atoms with van der Waals surface area (Å²) in [6.45, 7) is 2.88. The smallest absolute Gasteiger partial charge is 0.192 e. The lowest BCUT2D eigenvalue weighted by Gasteiger charge is -2.24. The maximum atomic E-state index is 5.24. The van der Waals surface area contributed by atoms with E-state index in [9.17, 15) is 0 Å². The van der Waals surface area contributed by atoms with Gasteiger partial charge >= 0.3 is 0 Å². The van der Waals surface area contributed by atoms with E-state index >= 15 is 0 Å². The van der Waals surface area contributed by atoms with Crippen molar-refractivity contribution >= 4 is 5.96 Å². The van der Waals surface area contributed by atoms with Crippen molar-refractivity contribution in [2.24, 2.45) is 4.99 Å². The third-order valence-corrected chi connectivity index (χ3v) is 3.98. The highest BCUT2D eigenvalue weighted by Crippen LogP contribution is 2.26. The van der Waals surface area contributed by atoms with Crippen LogP contribution in [0.4, 0.5) is 0 Å². The minimum absolute atomic E-state index is 0.509. The number of nitrogens with zero attached hydrogens (tertiary/aromatic N) is 2. The van der Waals surface area contributed by atoms with Gasteiger partial charge in [-0.3, -0.25) is 9.89 Å². The van der Waals surface area contributed by atoms with Crippen molar-refractivity contribution in [2.45, 2.75) is 44.2 Å². The Morgan fingerprint density at radius 1 is 1.39 bits per heavy atom. The van der Waals surface area contributed by atoms with E-state index in [1.807, 2.05) is 0 Å². The molecule has 0 spiro atoms. The SMILES string of the molecule is C#CCNC(=NC)NC1CCN(C2CCCC2)C1. The Labute approximate surface area is 110 Å². The van der Waals surface area contributed by atoms with Gasteiger partial charge in [0, 0.05) is 32.2 Å². The number of likely N-dealkylation sites (tertiary alicyclic amines) is 1. The van der Waals surface area contributed by atoms with Crippen molar-refractivity contribution in [3.63, 3.8) is 0 Å². The summed E-state index contributed by atoms with van der Waals surface area (Å²) in [5.41, 5.74) is 0. The van der Waals surface area contributed by atoms with E-state index in [4.69, 9.17) is 6.42 Å². The maximum absolute atomic E-state index is 5.24. The number of nitrogens with one attached hydrogen (secondary N) is 2. The van der Waals surface area contributed by atoms with Gasteiger partial charge in [-0.05, 0) is 19.3 Å². The van der Waals surface area contributed by atoms with Crippen LogP contribution >= 0.6 is 0 Å². The van der Waals surface area contributed by atoms with E-state index in [2.05, 4.69) is 26.4 Å². The van der Waals surface area contributed by atoms with Crippen molar-refractivity contribution in [3.05, 3.63) is 0 Å². The van der Waals surface area contributed by atoms with Gasteiger partial charge in [-0.25, -0.2) is 0 Å². The summed E-state index contributed by atoms with van der Waals surface area (Å²) in [7, 11) is 1.79. The second-order valence-corrected chi connectivity index (χ2v) is 5.19. The van der Waals surface area contributed by atoms with Crippen molar-refractivity contribution in [2.75, 3.05) is 26.7 Å². The second kappa shape index (κ2) is 6.65. The summed E-state index contributed by atoms with van der Waals surface area (Å²) in [5, 5.41) is 6.57. The molecule has 2 aliphatic rings. The van der Waals surface area contributed by atoms with E-state index < -0.39 is 0 Å². The predicted molar refractivity (Wildman–Crippen MR) is 75.6 cm³/mol. The quantitative estimate of drug-likeness (QED) is 0.441. The summed E-state index contributed by atoms with van der Waals surface area (Å²) in [4.78, 5) is 6.83.